The minimum absolute atomic E-state index is 1.20. The van der Waals surface area contributed by atoms with Gasteiger partial charge in [0.15, 0.2) is 0 Å². The number of hydrogen-bond acceptors (Lipinski definition) is 3. The Hall–Kier alpha value is -2.46. The number of pyridine rings is 2. The molecule has 112 valence electrons. The third-order valence-corrected chi connectivity index (χ3v) is 2.25. The van der Waals surface area contributed by atoms with Crippen LogP contribution in [0.25, 0.3) is 0 Å². The Morgan fingerprint density at radius 1 is 0.476 bits per heavy atom. The number of hydrogen-bond donors (Lipinski definition) is 1. The lowest BCUT2D eigenvalue weighted by atomic mass is 10.3. The summed E-state index contributed by atoms with van der Waals surface area (Å²) in [4.78, 5) is 4.37. The van der Waals surface area contributed by atoms with Crippen molar-refractivity contribution in [2.24, 2.45) is 0 Å². The monoisotopic (exact) mass is 315 g/mol. The van der Waals surface area contributed by atoms with E-state index in [1.165, 1.54) is 5.32 Å². The third kappa shape index (κ3) is 2.45. The maximum atomic E-state index is 13.2. The van der Waals surface area contributed by atoms with Crippen molar-refractivity contribution in [2.45, 2.75) is 0 Å². The van der Waals surface area contributed by atoms with Gasteiger partial charge in [0.25, 0.3) is 23.8 Å². The summed E-state index contributed by atoms with van der Waals surface area (Å²) in [7, 11) is 0. The summed E-state index contributed by atoms with van der Waals surface area (Å²) in [5, 5.41) is 1.20. The molecule has 0 saturated carbocycles. The van der Waals surface area contributed by atoms with Crippen LogP contribution in [0.5, 0.6) is 0 Å². The molecule has 0 aliphatic carbocycles. The van der Waals surface area contributed by atoms with E-state index in [1.54, 1.807) is 0 Å². The summed E-state index contributed by atoms with van der Waals surface area (Å²) >= 11 is 0. The maximum absolute atomic E-state index is 13.2. The fraction of sp³-hybridized carbons (Fsp3) is 0. The van der Waals surface area contributed by atoms with Gasteiger partial charge in [-0.25, -0.2) is 0 Å². The first-order chi connectivity index (χ1) is 9.73. The van der Waals surface area contributed by atoms with Crippen molar-refractivity contribution < 1.29 is 35.1 Å². The Bertz CT molecular complexity index is 619. The molecule has 0 spiro atoms. The molecule has 2 aromatic heterocycles. The smallest absolute Gasteiger partial charge is 0.253 e. The highest BCUT2D eigenvalue weighted by Gasteiger charge is 2.26. The fourth-order valence-corrected chi connectivity index (χ4v) is 1.32. The Balaban J connectivity index is 2.64. The normalized spacial score (nSPS) is 10.9. The fourth-order valence-electron chi connectivity index (χ4n) is 1.32. The zero-order valence-corrected chi connectivity index (χ0v) is 9.42. The Kier molecular flexibility index (Phi) is 3.66. The zero-order valence-electron chi connectivity index (χ0n) is 9.42. The molecule has 2 aromatic rings. The van der Waals surface area contributed by atoms with E-state index in [2.05, 4.69) is 9.97 Å². The number of aromatic nitrogens is 2. The van der Waals surface area contributed by atoms with E-state index in [-0.39, 0.29) is 0 Å². The molecule has 21 heavy (non-hydrogen) atoms. The van der Waals surface area contributed by atoms with Gasteiger partial charge in [-0.15, -0.1) is 0 Å². The molecule has 0 aliphatic heterocycles. The van der Waals surface area contributed by atoms with Crippen LogP contribution in [0.1, 0.15) is 0 Å². The van der Waals surface area contributed by atoms with Gasteiger partial charge in [-0.05, 0) is 0 Å². The van der Waals surface area contributed by atoms with Gasteiger partial charge in [0.05, 0.1) is 0 Å². The summed E-state index contributed by atoms with van der Waals surface area (Å²) in [6.07, 6.45) is 0. The van der Waals surface area contributed by atoms with Gasteiger partial charge in [-0.2, -0.15) is 45.1 Å². The van der Waals surface area contributed by atoms with Crippen LogP contribution in [0.4, 0.5) is 46.5 Å². The van der Waals surface area contributed by atoms with Gasteiger partial charge in [0, 0.05) is 0 Å². The van der Waals surface area contributed by atoms with Gasteiger partial charge >= 0.3 is 0 Å². The van der Waals surface area contributed by atoms with Crippen LogP contribution in [-0.4, -0.2) is 9.97 Å². The number of anilines is 2. The van der Waals surface area contributed by atoms with Gasteiger partial charge in [0.1, 0.15) is 11.4 Å². The van der Waals surface area contributed by atoms with Gasteiger partial charge < -0.3 is 5.32 Å². The van der Waals surface area contributed by atoms with E-state index >= 15 is 0 Å². The highest BCUT2D eigenvalue weighted by molar-refractivity contribution is 5.61. The van der Waals surface area contributed by atoms with Crippen LogP contribution < -0.4 is 5.32 Å². The van der Waals surface area contributed by atoms with Crippen LogP contribution in [0.3, 0.4) is 0 Å². The second kappa shape index (κ2) is 5.14. The van der Waals surface area contributed by atoms with Crippen molar-refractivity contribution in [3.8, 4) is 0 Å². The summed E-state index contributed by atoms with van der Waals surface area (Å²) in [6, 6.07) is 0. The van der Waals surface area contributed by atoms with Crippen molar-refractivity contribution in [3.05, 3.63) is 47.1 Å². The van der Waals surface area contributed by atoms with Crippen LogP contribution >= 0.6 is 0 Å². The summed E-state index contributed by atoms with van der Waals surface area (Å²) in [5.74, 6) is -17.1. The molecule has 2 rings (SSSR count). The standard InChI is InChI=1S/C10HF8N3/c11-1-5(2(12)8(16)20-7(1)15)19-6-3(13)9(17)21-10(18)4(6)14/h(H,19,20,21). The second-order valence-electron chi connectivity index (χ2n) is 3.52. The van der Waals surface area contributed by atoms with E-state index in [1.807, 2.05) is 0 Å². The largest absolute Gasteiger partial charge is 0.345 e. The third-order valence-electron chi connectivity index (χ3n) is 2.25. The van der Waals surface area contributed by atoms with Crippen LogP contribution in [0.15, 0.2) is 0 Å². The summed E-state index contributed by atoms with van der Waals surface area (Å²) in [6.45, 7) is 0. The SMILES string of the molecule is Fc1nc(F)c(F)c(Nc2c(F)c(F)nc(F)c2F)c1F. The maximum Gasteiger partial charge on any atom is 0.253 e. The van der Waals surface area contributed by atoms with Crippen LogP contribution in [0.2, 0.25) is 0 Å². The molecule has 0 aliphatic rings. The van der Waals surface area contributed by atoms with Crippen LogP contribution in [0, 0.1) is 47.1 Å². The van der Waals surface area contributed by atoms with E-state index in [0.29, 0.717) is 0 Å². The summed E-state index contributed by atoms with van der Waals surface area (Å²) in [5.41, 5.74) is -3.44. The van der Waals surface area contributed by atoms with Crippen molar-refractivity contribution in [3.63, 3.8) is 0 Å². The van der Waals surface area contributed by atoms with Crippen molar-refractivity contribution in [1.82, 2.24) is 9.97 Å². The van der Waals surface area contributed by atoms with E-state index in [4.69, 9.17) is 0 Å². The number of nitrogens with zero attached hydrogens (tertiary/aromatic N) is 2. The number of nitrogens with one attached hydrogen (secondary N) is 1. The molecule has 3 nitrogen and oxygen atoms in total. The number of halogens is 8. The highest BCUT2D eigenvalue weighted by Crippen LogP contribution is 2.30. The first kappa shape index (κ1) is 14.9. The molecule has 0 fully saturated rings. The highest BCUT2D eigenvalue weighted by atomic mass is 19.2. The molecule has 2 heterocycles. The van der Waals surface area contributed by atoms with E-state index in [9.17, 15) is 35.1 Å². The van der Waals surface area contributed by atoms with E-state index in [0.717, 1.165) is 0 Å². The molecular formula is C10HF8N3. The van der Waals surface area contributed by atoms with Crippen molar-refractivity contribution in [2.75, 3.05) is 5.32 Å². The van der Waals surface area contributed by atoms with Crippen molar-refractivity contribution in [1.29, 1.82) is 0 Å². The minimum atomic E-state index is -2.15. The zero-order chi connectivity index (χ0) is 15.9. The molecule has 0 unspecified atom stereocenters. The molecule has 0 atom stereocenters. The Morgan fingerprint density at radius 2 is 0.714 bits per heavy atom. The molecule has 0 bridgehead atoms. The first-order valence-electron chi connectivity index (χ1n) is 4.91. The van der Waals surface area contributed by atoms with Gasteiger partial charge in [-0.3, -0.25) is 0 Å². The van der Waals surface area contributed by atoms with Crippen molar-refractivity contribution >= 4 is 11.4 Å². The molecule has 0 radical (unpaired) electrons. The average molecular weight is 315 g/mol. The molecule has 0 saturated heterocycles. The predicted octanol–water partition coefficient (Wildman–Crippen LogP) is 3.33. The predicted molar refractivity (Wildman–Crippen MR) is 51.4 cm³/mol. The second-order valence-corrected chi connectivity index (χ2v) is 3.52. The molecule has 0 aromatic carbocycles. The molecule has 1 N–H and O–H groups in total. The van der Waals surface area contributed by atoms with E-state index < -0.39 is 58.4 Å². The lowest BCUT2D eigenvalue weighted by Gasteiger charge is -2.11. The lowest BCUT2D eigenvalue weighted by Crippen LogP contribution is -2.11. The minimum Gasteiger partial charge on any atom is -0.345 e. The Labute approximate surface area is 110 Å². The Morgan fingerprint density at radius 3 is 0.952 bits per heavy atom. The topological polar surface area (TPSA) is 37.8 Å². The number of rotatable bonds is 2. The first-order valence-corrected chi connectivity index (χ1v) is 4.91. The van der Waals surface area contributed by atoms with Crippen LogP contribution in [-0.2, 0) is 0 Å². The lowest BCUT2D eigenvalue weighted by molar-refractivity contribution is 0.406. The van der Waals surface area contributed by atoms with Gasteiger partial charge in [0.2, 0.25) is 23.3 Å². The quantitative estimate of drug-likeness (QED) is 0.682. The molecule has 0 amide bonds. The molecule has 11 heteroatoms. The summed E-state index contributed by atoms with van der Waals surface area (Å²) < 4.78 is 104. The van der Waals surface area contributed by atoms with Gasteiger partial charge in [-0.1, -0.05) is 0 Å². The molecular weight excluding hydrogens is 314 g/mol. The average Bonchev–Trinajstić information content (AvgIpc) is 2.42.